The average molecular weight is 152 g/mol. The molecule has 11 heavy (non-hydrogen) atoms. The number of aldehydes is 1. The highest BCUT2D eigenvalue weighted by Gasteiger charge is 1.94. The van der Waals surface area contributed by atoms with E-state index in [0.717, 1.165) is 19.1 Å². The monoisotopic (exact) mass is 152 g/mol. The summed E-state index contributed by atoms with van der Waals surface area (Å²) >= 11 is 0. The molecule has 0 radical (unpaired) electrons. The number of carbonyl (C=O) groups excluding carboxylic acids is 1. The number of aryl methyl sites for hydroxylation is 2. The van der Waals surface area contributed by atoms with Gasteiger partial charge in [-0.05, 0) is 18.4 Å². The van der Waals surface area contributed by atoms with Crippen molar-refractivity contribution >= 4 is 6.29 Å². The first-order chi connectivity index (χ1) is 5.33. The molecule has 3 heteroatoms. The molecule has 0 N–H and O–H groups in total. The Morgan fingerprint density at radius 2 is 2.55 bits per heavy atom. The highest BCUT2D eigenvalue weighted by Crippen LogP contribution is 2.01. The fourth-order valence-corrected chi connectivity index (χ4v) is 0.990. The van der Waals surface area contributed by atoms with Crippen molar-refractivity contribution in [1.29, 1.82) is 0 Å². The predicted molar refractivity (Wildman–Crippen MR) is 42.2 cm³/mol. The van der Waals surface area contributed by atoms with Gasteiger partial charge in [0.25, 0.3) is 0 Å². The Bertz CT molecular complexity index is 230. The summed E-state index contributed by atoms with van der Waals surface area (Å²) < 4.78 is 1.77. The summed E-state index contributed by atoms with van der Waals surface area (Å²) in [6.45, 7) is 0. The molecule has 1 rings (SSSR count). The number of carbonyl (C=O) groups is 1. The standard InChI is InChI=1S/C8H12N2O/c1-10-7-8(6-9-10)4-2-3-5-11/h5-7H,2-4H2,1H3. The lowest BCUT2D eigenvalue weighted by Crippen LogP contribution is -1.85. The highest BCUT2D eigenvalue weighted by molar-refractivity contribution is 5.49. The summed E-state index contributed by atoms with van der Waals surface area (Å²) in [5.74, 6) is 0. The fraction of sp³-hybridized carbons (Fsp3) is 0.500. The average Bonchev–Trinajstić information content (AvgIpc) is 2.37. The van der Waals surface area contributed by atoms with Crippen molar-refractivity contribution in [2.75, 3.05) is 0 Å². The Labute approximate surface area is 66.0 Å². The molecule has 0 bridgehead atoms. The van der Waals surface area contributed by atoms with E-state index < -0.39 is 0 Å². The van der Waals surface area contributed by atoms with Crippen molar-refractivity contribution in [3.8, 4) is 0 Å². The smallest absolute Gasteiger partial charge is 0.120 e. The molecule has 0 saturated carbocycles. The SMILES string of the molecule is Cn1cc(CCCC=O)cn1. The van der Waals surface area contributed by atoms with E-state index in [1.54, 1.807) is 4.68 Å². The van der Waals surface area contributed by atoms with Crippen LogP contribution in [0.5, 0.6) is 0 Å². The maximum absolute atomic E-state index is 9.98. The normalized spacial score (nSPS) is 9.91. The van der Waals surface area contributed by atoms with Crippen LogP contribution in [0.4, 0.5) is 0 Å². The van der Waals surface area contributed by atoms with E-state index >= 15 is 0 Å². The Hall–Kier alpha value is -1.12. The van der Waals surface area contributed by atoms with Crippen molar-refractivity contribution < 1.29 is 4.79 Å². The van der Waals surface area contributed by atoms with Crippen molar-refractivity contribution in [3.05, 3.63) is 18.0 Å². The van der Waals surface area contributed by atoms with Gasteiger partial charge in [0, 0.05) is 19.7 Å². The second-order valence-corrected chi connectivity index (χ2v) is 2.58. The van der Waals surface area contributed by atoms with Crippen LogP contribution in [0.25, 0.3) is 0 Å². The predicted octanol–water partition coefficient (Wildman–Crippen LogP) is 0.942. The number of nitrogens with zero attached hydrogens (tertiary/aromatic N) is 2. The van der Waals surface area contributed by atoms with E-state index in [0.29, 0.717) is 6.42 Å². The van der Waals surface area contributed by atoms with Crippen LogP contribution < -0.4 is 0 Å². The number of rotatable bonds is 4. The van der Waals surface area contributed by atoms with E-state index in [4.69, 9.17) is 0 Å². The van der Waals surface area contributed by atoms with Gasteiger partial charge in [-0.2, -0.15) is 5.10 Å². The zero-order valence-corrected chi connectivity index (χ0v) is 6.66. The van der Waals surface area contributed by atoms with E-state index in [1.165, 1.54) is 5.56 Å². The summed E-state index contributed by atoms with van der Waals surface area (Å²) in [5, 5.41) is 4.02. The molecule has 0 saturated heterocycles. The minimum atomic E-state index is 0.648. The van der Waals surface area contributed by atoms with Gasteiger partial charge >= 0.3 is 0 Å². The number of hydrogen-bond acceptors (Lipinski definition) is 2. The second kappa shape index (κ2) is 3.91. The van der Waals surface area contributed by atoms with Gasteiger partial charge in [-0.1, -0.05) is 0 Å². The summed E-state index contributed by atoms with van der Waals surface area (Å²) in [6, 6.07) is 0. The van der Waals surface area contributed by atoms with Crippen LogP contribution in [0, 0.1) is 0 Å². The summed E-state index contributed by atoms with van der Waals surface area (Å²) in [7, 11) is 1.89. The zero-order chi connectivity index (χ0) is 8.10. The molecule has 0 fully saturated rings. The van der Waals surface area contributed by atoms with Crippen LogP contribution in [-0.4, -0.2) is 16.1 Å². The van der Waals surface area contributed by atoms with Gasteiger partial charge in [0.15, 0.2) is 0 Å². The van der Waals surface area contributed by atoms with E-state index in [-0.39, 0.29) is 0 Å². The summed E-state index contributed by atoms with van der Waals surface area (Å²) in [5.41, 5.74) is 1.20. The van der Waals surface area contributed by atoms with Crippen molar-refractivity contribution in [2.24, 2.45) is 7.05 Å². The van der Waals surface area contributed by atoms with Crippen LogP contribution in [0.2, 0.25) is 0 Å². The van der Waals surface area contributed by atoms with Gasteiger partial charge in [0.05, 0.1) is 6.20 Å². The van der Waals surface area contributed by atoms with Gasteiger partial charge in [0.2, 0.25) is 0 Å². The largest absolute Gasteiger partial charge is 0.303 e. The van der Waals surface area contributed by atoms with Crippen LogP contribution in [-0.2, 0) is 18.3 Å². The Morgan fingerprint density at radius 3 is 3.09 bits per heavy atom. The van der Waals surface area contributed by atoms with Crippen LogP contribution in [0.1, 0.15) is 18.4 Å². The third-order valence-electron chi connectivity index (χ3n) is 1.55. The van der Waals surface area contributed by atoms with Gasteiger partial charge in [-0.15, -0.1) is 0 Å². The first-order valence-corrected chi connectivity index (χ1v) is 3.74. The minimum Gasteiger partial charge on any atom is -0.303 e. The lowest BCUT2D eigenvalue weighted by molar-refractivity contribution is -0.107. The van der Waals surface area contributed by atoms with E-state index in [2.05, 4.69) is 5.10 Å². The molecule has 0 unspecified atom stereocenters. The Balaban J connectivity index is 2.32. The molecule has 1 aromatic rings. The van der Waals surface area contributed by atoms with Crippen LogP contribution in [0.3, 0.4) is 0 Å². The molecule has 0 aliphatic heterocycles. The molecule has 1 heterocycles. The number of unbranched alkanes of at least 4 members (excludes halogenated alkanes) is 1. The third kappa shape index (κ3) is 2.53. The second-order valence-electron chi connectivity index (χ2n) is 2.58. The summed E-state index contributed by atoms with van der Waals surface area (Å²) in [4.78, 5) is 9.98. The van der Waals surface area contributed by atoms with E-state index in [1.807, 2.05) is 19.4 Å². The van der Waals surface area contributed by atoms with Gasteiger partial charge in [-0.3, -0.25) is 4.68 Å². The molecule has 1 aromatic heterocycles. The summed E-state index contributed by atoms with van der Waals surface area (Å²) in [6.07, 6.45) is 7.29. The molecule has 0 spiro atoms. The maximum atomic E-state index is 9.98. The maximum Gasteiger partial charge on any atom is 0.120 e. The molecule has 60 valence electrons. The molecule has 0 aliphatic rings. The molecule has 0 atom stereocenters. The van der Waals surface area contributed by atoms with Gasteiger partial charge in [-0.25, -0.2) is 0 Å². The van der Waals surface area contributed by atoms with Gasteiger partial charge < -0.3 is 4.79 Å². The Kier molecular flexibility index (Phi) is 2.83. The van der Waals surface area contributed by atoms with Crippen LogP contribution in [0.15, 0.2) is 12.4 Å². The Morgan fingerprint density at radius 1 is 1.73 bits per heavy atom. The van der Waals surface area contributed by atoms with Crippen molar-refractivity contribution in [3.63, 3.8) is 0 Å². The molecular weight excluding hydrogens is 140 g/mol. The topological polar surface area (TPSA) is 34.9 Å². The number of hydrogen-bond donors (Lipinski definition) is 0. The van der Waals surface area contributed by atoms with Crippen molar-refractivity contribution in [2.45, 2.75) is 19.3 Å². The first kappa shape index (κ1) is 7.98. The molecule has 0 aromatic carbocycles. The minimum absolute atomic E-state index is 0.648. The molecule has 0 aliphatic carbocycles. The van der Waals surface area contributed by atoms with E-state index in [9.17, 15) is 4.79 Å². The first-order valence-electron chi connectivity index (χ1n) is 3.74. The van der Waals surface area contributed by atoms with Crippen LogP contribution >= 0.6 is 0 Å². The lowest BCUT2D eigenvalue weighted by Gasteiger charge is -1.90. The fourth-order valence-electron chi connectivity index (χ4n) is 0.990. The number of aromatic nitrogens is 2. The van der Waals surface area contributed by atoms with Gasteiger partial charge in [0.1, 0.15) is 6.29 Å². The zero-order valence-electron chi connectivity index (χ0n) is 6.66. The molecule has 3 nitrogen and oxygen atoms in total. The lowest BCUT2D eigenvalue weighted by atomic mass is 10.2. The molecular formula is C8H12N2O. The molecule has 0 amide bonds. The quantitative estimate of drug-likeness (QED) is 0.475. The highest BCUT2D eigenvalue weighted by atomic mass is 16.1. The van der Waals surface area contributed by atoms with Crippen molar-refractivity contribution in [1.82, 2.24) is 9.78 Å². The third-order valence-corrected chi connectivity index (χ3v) is 1.55.